The Labute approximate surface area is 121 Å². The Balaban J connectivity index is 1.82. The summed E-state index contributed by atoms with van der Waals surface area (Å²) in [5, 5.41) is 0. The molecule has 20 heavy (non-hydrogen) atoms. The van der Waals surface area contributed by atoms with E-state index in [9.17, 15) is 4.79 Å². The lowest BCUT2D eigenvalue weighted by Crippen LogP contribution is -2.34. The fraction of sp³-hybridized carbons (Fsp3) is 0.647. The van der Waals surface area contributed by atoms with E-state index in [1.165, 1.54) is 32.1 Å². The number of hydrogen-bond acceptors (Lipinski definition) is 3. The number of fused-ring (bicyclic) bond motifs is 1. The first-order chi connectivity index (χ1) is 9.79. The maximum Gasteiger partial charge on any atom is 0.128 e. The van der Waals surface area contributed by atoms with E-state index >= 15 is 0 Å². The van der Waals surface area contributed by atoms with Gasteiger partial charge >= 0.3 is 0 Å². The van der Waals surface area contributed by atoms with Crippen LogP contribution in [0.25, 0.3) is 0 Å². The zero-order valence-electron chi connectivity index (χ0n) is 12.3. The lowest BCUT2D eigenvalue weighted by atomic mass is 9.86. The minimum absolute atomic E-state index is 0.0697. The maximum absolute atomic E-state index is 11.2. The van der Waals surface area contributed by atoms with Crippen LogP contribution in [0.3, 0.4) is 0 Å². The van der Waals surface area contributed by atoms with Gasteiger partial charge in [-0.25, -0.2) is 4.98 Å². The molecule has 3 rings (SSSR count). The molecule has 0 aromatic carbocycles. The lowest BCUT2D eigenvalue weighted by molar-refractivity contribution is -0.109. The average Bonchev–Trinajstić information content (AvgIpc) is 2.53. The molecule has 1 atom stereocenters. The molecule has 1 heterocycles. The van der Waals surface area contributed by atoms with Crippen molar-refractivity contribution in [2.24, 2.45) is 0 Å². The first-order valence-corrected chi connectivity index (χ1v) is 7.97. The second kappa shape index (κ2) is 5.94. The molecule has 3 heteroatoms. The van der Waals surface area contributed by atoms with Crippen molar-refractivity contribution in [3.8, 4) is 0 Å². The SMILES string of the molecule is CN(c1ccc2c(n1)CCCC2C=O)C1CCCCC1. The lowest BCUT2D eigenvalue weighted by Gasteiger charge is -2.33. The molecular formula is C17H24N2O. The van der Waals surface area contributed by atoms with Gasteiger partial charge in [0.15, 0.2) is 0 Å². The van der Waals surface area contributed by atoms with Crippen LogP contribution in [-0.2, 0) is 11.2 Å². The maximum atomic E-state index is 11.2. The van der Waals surface area contributed by atoms with E-state index in [1.54, 1.807) is 0 Å². The molecule has 0 aliphatic heterocycles. The Bertz CT molecular complexity index is 480. The Hall–Kier alpha value is -1.38. The number of carbonyl (C=O) groups excluding carboxylic acids is 1. The molecule has 2 aliphatic rings. The zero-order chi connectivity index (χ0) is 13.9. The molecule has 1 aromatic heterocycles. The molecule has 1 aromatic rings. The van der Waals surface area contributed by atoms with Crippen molar-refractivity contribution < 1.29 is 4.79 Å². The van der Waals surface area contributed by atoms with Crippen LogP contribution >= 0.6 is 0 Å². The molecule has 1 unspecified atom stereocenters. The van der Waals surface area contributed by atoms with Gasteiger partial charge in [0.1, 0.15) is 12.1 Å². The molecule has 1 saturated carbocycles. The van der Waals surface area contributed by atoms with Gasteiger partial charge in [0.25, 0.3) is 0 Å². The standard InChI is InChI=1S/C17H24N2O/c1-19(14-7-3-2-4-8-14)17-11-10-15-13(12-20)6-5-9-16(15)18-17/h10-14H,2-9H2,1H3. The summed E-state index contributed by atoms with van der Waals surface area (Å²) in [4.78, 5) is 18.4. The summed E-state index contributed by atoms with van der Waals surface area (Å²) >= 11 is 0. The Kier molecular flexibility index (Phi) is 4.04. The van der Waals surface area contributed by atoms with Crippen molar-refractivity contribution in [2.45, 2.75) is 63.3 Å². The number of carbonyl (C=O) groups is 1. The smallest absolute Gasteiger partial charge is 0.128 e. The molecule has 0 spiro atoms. The molecule has 1 fully saturated rings. The largest absolute Gasteiger partial charge is 0.357 e. The van der Waals surface area contributed by atoms with Crippen molar-refractivity contribution in [2.75, 3.05) is 11.9 Å². The number of aryl methyl sites for hydroxylation is 1. The normalized spacial score (nSPS) is 23.1. The highest BCUT2D eigenvalue weighted by atomic mass is 16.1. The van der Waals surface area contributed by atoms with Gasteiger partial charge < -0.3 is 9.69 Å². The molecular weight excluding hydrogens is 248 g/mol. The van der Waals surface area contributed by atoms with E-state index in [1.807, 2.05) is 0 Å². The number of rotatable bonds is 3. The van der Waals surface area contributed by atoms with Gasteiger partial charge in [0.05, 0.1) is 0 Å². The van der Waals surface area contributed by atoms with Gasteiger partial charge in [-0.1, -0.05) is 25.3 Å². The highest BCUT2D eigenvalue weighted by Crippen LogP contribution is 2.32. The van der Waals surface area contributed by atoms with Gasteiger partial charge in [-0.05, 0) is 43.7 Å². The second-order valence-electron chi connectivity index (χ2n) is 6.24. The van der Waals surface area contributed by atoms with E-state index in [0.717, 1.165) is 42.6 Å². The molecule has 3 nitrogen and oxygen atoms in total. The summed E-state index contributed by atoms with van der Waals surface area (Å²) in [5.74, 6) is 1.16. The predicted molar refractivity (Wildman–Crippen MR) is 81.3 cm³/mol. The first kappa shape index (κ1) is 13.6. The highest BCUT2D eigenvalue weighted by molar-refractivity contribution is 5.64. The van der Waals surface area contributed by atoms with Crippen molar-refractivity contribution in [3.05, 3.63) is 23.4 Å². The van der Waals surface area contributed by atoms with E-state index in [2.05, 4.69) is 24.1 Å². The predicted octanol–water partition coefficient (Wildman–Crippen LogP) is 3.47. The number of hydrogen-bond donors (Lipinski definition) is 0. The summed E-state index contributed by atoms with van der Waals surface area (Å²) < 4.78 is 0. The third-order valence-electron chi connectivity index (χ3n) is 4.97. The van der Waals surface area contributed by atoms with Crippen LogP contribution in [0.15, 0.2) is 12.1 Å². The zero-order valence-corrected chi connectivity index (χ0v) is 12.3. The average molecular weight is 272 g/mol. The summed E-state index contributed by atoms with van der Waals surface area (Å²) in [7, 11) is 2.17. The second-order valence-corrected chi connectivity index (χ2v) is 6.24. The fourth-order valence-electron chi connectivity index (χ4n) is 3.68. The van der Waals surface area contributed by atoms with E-state index in [4.69, 9.17) is 4.98 Å². The minimum Gasteiger partial charge on any atom is -0.357 e. The molecule has 0 bridgehead atoms. The van der Waals surface area contributed by atoms with Crippen molar-refractivity contribution in [1.82, 2.24) is 4.98 Å². The highest BCUT2D eigenvalue weighted by Gasteiger charge is 2.23. The number of aldehydes is 1. The fourth-order valence-corrected chi connectivity index (χ4v) is 3.68. The van der Waals surface area contributed by atoms with Crippen LogP contribution in [0.5, 0.6) is 0 Å². The topological polar surface area (TPSA) is 33.2 Å². The quantitative estimate of drug-likeness (QED) is 0.790. The van der Waals surface area contributed by atoms with Gasteiger partial charge in [-0.15, -0.1) is 0 Å². The van der Waals surface area contributed by atoms with Crippen LogP contribution in [0.2, 0.25) is 0 Å². The summed E-state index contributed by atoms with van der Waals surface area (Å²) in [6.45, 7) is 0. The van der Waals surface area contributed by atoms with Gasteiger partial charge in [-0.3, -0.25) is 0 Å². The number of nitrogens with zero attached hydrogens (tertiary/aromatic N) is 2. The molecule has 2 aliphatic carbocycles. The van der Waals surface area contributed by atoms with E-state index in [-0.39, 0.29) is 5.92 Å². The number of pyridine rings is 1. The molecule has 0 radical (unpaired) electrons. The third kappa shape index (κ3) is 2.58. The molecule has 0 saturated heterocycles. The van der Waals surface area contributed by atoms with Gasteiger partial charge in [0, 0.05) is 24.7 Å². The van der Waals surface area contributed by atoms with Crippen molar-refractivity contribution in [3.63, 3.8) is 0 Å². The van der Waals surface area contributed by atoms with Crippen LogP contribution < -0.4 is 4.90 Å². The first-order valence-electron chi connectivity index (χ1n) is 7.97. The van der Waals surface area contributed by atoms with Crippen LogP contribution in [-0.4, -0.2) is 24.4 Å². The number of aromatic nitrogens is 1. The summed E-state index contributed by atoms with van der Waals surface area (Å²) in [5.41, 5.74) is 2.31. The number of anilines is 1. The van der Waals surface area contributed by atoms with Crippen LogP contribution in [0.4, 0.5) is 5.82 Å². The third-order valence-corrected chi connectivity index (χ3v) is 4.97. The van der Waals surface area contributed by atoms with Crippen molar-refractivity contribution in [1.29, 1.82) is 0 Å². The van der Waals surface area contributed by atoms with Crippen LogP contribution in [0, 0.1) is 0 Å². The molecule has 0 N–H and O–H groups in total. The molecule has 108 valence electrons. The minimum atomic E-state index is 0.0697. The van der Waals surface area contributed by atoms with Gasteiger partial charge in [0.2, 0.25) is 0 Å². The van der Waals surface area contributed by atoms with Crippen LogP contribution in [0.1, 0.15) is 62.1 Å². The Morgan fingerprint density at radius 2 is 1.95 bits per heavy atom. The van der Waals surface area contributed by atoms with Gasteiger partial charge in [-0.2, -0.15) is 0 Å². The molecule has 0 amide bonds. The van der Waals surface area contributed by atoms with Crippen molar-refractivity contribution >= 4 is 12.1 Å². The monoisotopic (exact) mass is 272 g/mol. The Morgan fingerprint density at radius 3 is 2.70 bits per heavy atom. The summed E-state index contributed by atoms with van der Waals surface area (Å²) in [6.07, 6.45) is 10.8. The summed E-state index contributed by atoms with van der Waals surface area (Å²) in [6, 6.07) is 4.88. The van der Waals surface area contributed by atoms with E-state index in [0.29, 0.717) is 6.04 Å². The Morgan fingerprint density at radius 1 is 1.15 bits per heavy atom. The van der Waals surface area contributed by atoms with E-state index < -0.39 is 0 Å².